The molecule has 1 heterocycles. The van der Waals surface area contributed by atoms with Crippen molar-refractivity contribution < 1.29 is 9.90 Å². The van der Waals surface area contributed by atoms with Crippen LogP contribution in [0, 0.1) is 5.92 Å². The van der Waals surface area contributed by atoms with Crippen LogP contribution >= 0.6 is 11.6 Å². The number of pyridine rings is 1. The quantitative estimate of drug-likeness (QED) is 0.916. The summed E-state index contributed by atoms with van der Waals surface area (Å²) in [6.07, 6.45) is 4.47. The van der Waals surface area contributed by atoms with Crippen molar-refractivity contribution in [3.05, 3.63) is 47.7 Å². The maximum absolute atomic E-state index is 11.6. The smallest absolute Gasteiger partial charge is 0.411 e. The second kappa shape index (κ2) is 5.74. The first kappa shape index (κ1) is 13.9. The predicted octanol–water partition coefficient (Wildman–Crippen LogP) is 4.30. The van der Waals surface area contributed by atoms with E-state index in [1.54, 1.807) is 24.5 Å². The molecule has 1 aromatic carbocycles. The zero-order chi connectivity index (χ0) is 14.8. The molecule has 21 heavy (non-hydrogen) atoms. The number of rotatable bonds is 4. The van der Waals surface area contributed by atoms with Gasteiger partial charge in [-0.25, -0.2) is 4.79 Å². The summed E-state index contributed by atoms with van der Waals surface area (Å²) in [6.45, 7) is 0.512. The van der Waals surface area contributed by atoms with Crippen molar-refractivity contribution in [1.82, 2.24) is 4.98 Å². The summed E-state index contributed by atoms with van der Waals surface area (Å²) in [4.78, 5) is 17.1. The highest BCUT2D eigenvalue weighted by molar-refractivity contribution is 6.33. The average Bonchev–Trinajstić information content (AvgIpc) is 3.29. The standard InChI is InChI=1S/C16H15ClN2O2/c17-14-4-2-1-3-12(14)13-7-8-18-9-15(13)19(16(20)21)10-11-5-6-11/h1-4,7-9,11H,5-6,10H2,(H,20,21). The van der Waals surface area contributed by atoms with Gasteiger partial charge in [0.15, 0.2) is 0 Å². The van der Waals surface area contributed by atoms with Gasteiger partial charge in [-0.2, -0.15) is 0 Å². The molecule has 1 aliphatic rings. The summed E-state index contributed by atoms with van der Waals surface area (Å²) in [5, 5.41) is 10.1. The average molecular weight is 303 g/mol. The molecule has 0 bridgehead atoms. The van der Waals surface area contributed by atoms with Crippen molar-refractivity contribution in [2.24, 2.45) is 5.92 Å². The van der Waals surface area contributed by atoms with Crippen molar-refractivity contribution in [1.29, 1.82) is 0 Å². The van der Waals surface area contributed by atoms with Crippen molar-refractivity contribution >= 4 is 23.4 Å². The molecule has 1 aliphatic carbocycles. The van der Waals surface area contributed by atoms with Crippen LogP contribution in [0.1, 0.15) is 12.8 Å². The largest absolute Gasteiger partial charge is 0.465 e. The number of hydrogen-bond acceptors (Lipinski definition) is 2. The highest BCUT2D eigenvalue weighted by Crippen LogP contribution is 2.37. The Morgan fingerprint density at radius 3 is 2.71 bits per heavy atom. The van der Waals surface area contributed by atoms with Crippen LogP contribution in [0.2, 0.25) is 5.02 Å². The lowest BCUT2D eigenvalue weighted by Gasteiger charge is -2.22. The van der Waals surface area contributed by atoms with Crippen LogP contribution in [-0.4, -0.2) is 22.7 Å². The molecule has 0 unspecified atom stereocenters. The van der Waals surface area contributed by atoms with Crippen LogP contribution in [0.15, 0.2) is 42.7 Å². The summed E-state index contributed by atoms with van der Waals surface area (Å²) >= 11 is 6.25. The zero-order valence-electron chi connectivity index (χ0n) is 11.4. The minimum absolute atomic E-state index is 0.459. The second-order valence-corrected chi connectivity index (χ2v) is 5.62. The van der Waals surface area contributed by atoms with Gasteiger partial charge in [-0.15, -0.1) is 0 Å². The molecule has 0 radical (unpaired) electrons. The van der Waals surface area contributed by atoms with E-state index in [0.29, 0.717) is 23.2 Å². The van der Waals surface area contributed by atoms with Crippen molar-refractivity contribution in [3.63, 3.8) is 0 Å². The van der Waals surface area contributed by atoms with E-state index in [1.165, 1.54) is 4.90 Å². The molecule has 1 saturated carbocycles. The van der Waals surface area contributed by atoms with Crippen LogP contribution in [0.4, 0.5) is 10.5 Å². The molecule has 3 rings (SSSR count). The Hall–Kier alpha value is -2.07. The first-order valence-corrected chi connectivity index (χ1v) is 7.24. The fourth-order valence-electron chi connectivity index (χ4n) is 2.35. The van der Waals surface area contributed by atoms with Crippen LogP contribution < -0.4 is 4.90 Å². The fraction of sp³-hybridized carbons (Fsp3) is 0.250. The van der Waals surface area contributed by atoms with Gasteiger partial charge in [-0.1, -0.05) is 29.8 Å². The Morgan fingerprint density at radius 1 is 1.29 bits per heavy atom. The Morgan fingerprint density at radius 2 is 2.05 bits per heavy atom. The monoisotopic (exact) mass is 302 g/mol. The van der Waals surface area contributed by atoms with Crippen LogP contribution in [0.5, 0.6) is 0 Å². The normalized spacial score (nSPS) is 14.0. The van der Waals surface area contributed by atoms with Gasteiger partial charge in [0.05, 0.1) is 11.9 Å². The first-order valence-electron chi connectivity index (χ1n) is 6.86. The molecule has 2 aromatic rings. The Kier molecular flexibility index (Phi) is 3.80. The van der Waals surface area contributed by atoms with E-state index in [2.05, 4.69) is 4.98 Å². The number of anilines is 1. The van der Waals surface area contributed by atoms with E-state index in [4.69, 9.17) is 11.6 Å². The van der Waals surface area contributed by atoms with Gasteiger partial charge in [0.25, 0.3) is 0 Å². The Labute approximate surface area is 128 Å². The van der Waals surface area contributed by atoms with Crippen molar-refractivity contribution in [2.45, 2.75) is 12.8 Å². The molecule has 5 heteroatoms. The molecule has 1 amide bonds. The van der Waals surface area contributed by atoms with E-state index in [0.717, 1.165) is 24.0 Å². The molecule has 0 atom stereocenters. The number of carbonyl (C=O) groups is 1. The van der Waals surface area contributed by atoms with Crippen molar-refractivity contribution in [3.8, 4) is 11.1 Å². The van der Waals surface area contributed by atoms with Crippen LogP contribution in [0.3, 0.4) is 0 Å². The third-order valence-corrected chi connectivity index (χ3v) is 3.95. The van der Waals surface area contributed by atoms with Gasteiger partial charge in [0.1, 0.15) is 0 Å². The van der Waals surface area contributed by atoms with Gasteiger partial charge >= 0.3 is 6.09 Å². The Bertz CT molecular complexity index is 671. The fourth-order valence-corrected chi connectivity index (χ4v) is 2.58. The molecule has 0 aliphatic heterocycles. The molecule has 1 fully saturated rings. The molecule has 108 valence electrons. The maximum atomic E-state index is 11.6. The lowest BCUT2D eigenvalue weighted by molar-refractivity contribution is 0.201. The summed E-state index contributed by atoms with van der Waals surface area (Å²) < 4.78 is 0. The number of amides is 1. The predicted molar refractivity (Wildman–Crippen MR) is 82.8 cm³/mol. The van der Waals surface area contributed by atoms with E-state index in [9.17, 15) is 9.90 Å². The van der Waals surface area contributed by atoms with Gasteiger partial charge in [-0.05, 0) is 30.9 Å². The van der Waals surface area contributed by atoms with Crippen LogP contribution in [0.25, 0.3) is 11.1 Å². The minimum Gasteiger partial charge on any atom is -0.465 e. The number of aromatic nitrogens is 1. The lowest BCUT2D eigenvalue weighted by atomic mass is 10.0. The highest BCUT2D eigenvalue weighted by Gasteiger charge is 2.29. The van der Waals surface area contributed by atoms with E-state index in [-0.39, 0.29) is 0 Å². The van der Waals surface area contributed by atoms with Gasteiger partial charge in [-0.3, -0.25) is 9.88 Å². The third-order valence-electron chi connectivity index (χ3n) is 3.62. The molecule has 1 aromatic heterocycles. The summed E-state index contributed by atoms with van der Waals surface area (Å²) in [5.41, 5.74) is 2.20. The lowest BCUT2D eigenvalue weighted by Crippen LogP contribution is -2.31. The highest BCUT2D eigenvalue weighted by atomic mass is 35.5. The molecule has 0 spiro atoms. The number of benzene rings is 1. The molecular weight excluding hydrogens is 288 g/mol. The van der Waals surface area contributed by atoms with Gasteiger partial charge in [0.2, 0.25) is 0 Å². The molecule has 1 N–H and O–H groups in total. The number of carboxylic acid groups (broad SMARTS) is 1. The summed E-state index contributed by atoms with van der Waals surface area (Å²) in [5.74, 6) is 0.459. The SMILES string of the molecule is O=C(O)N(CC1CC1)c1cnccc1-c1ccccc1Cl. The van der Waals surface area contributed by atoms with E-state index < -0.39 is 6.09 Å². The van der Waals surface area contributed by atoms with Gasteiger partial charge in [0, 0.05) is 28.9 Å². The second-order valence-electron chi connectivity index (χ2n) is 5.21. The molecule has 4 nitrogen and oxygen atoms in total. The van der Waals surface area contributed by atoms with E-state index >= 15 is 0 Å². The first-order chi connectivity index (χ1) is 10.2. The minimum atomic E-state index is -0.955. The summed E-state index contributed by atoms with van der Waals surface area (Å²) in [6, 6.07) is 9.23. The number of nitrogens with zero attached hydrogens (tertiary/aromatic N) is 2. The molecule has 0 saturated heterocycles. The van der Waals surface area contributed by atoms with Gasteiger partial charge < -0.3 is 5.11 Å². The third kappa shape index (κ3) is 3.00. The molecular formula is C16H15ClN2O2. The summed E-state index contributed by atoms with van der Waals surface area (Å²) in [7, 11) is 0. The maximum Gasteiger partial charge on any atom is 0.411 e. The zero-order valence-corrected chi connectivity index (χ0v) is 12.1. The van der Waals surface area contributed by atoms with E-state index in [1.807, 2.05) is 18.2 Å². The number of halogens is 1. The number of hydrogen-bond donors (Lipinski definition) is 1. The van der Waals surface area contributed by atoms with Crippen molar-refractivity contribution in [2.75, 3.05) is 11.4 Å². The topological polar surface area (TPSA) is 53.4 Å². The Balaban J connectivity index is 2.06. The van der Waals surface area contributed by atoms with Crippen LogP contribution in [-0.2, 0) is 0 Å².